The first-order valence-electron chi connectivity index (χ1n) is 10.9. The highest BCUT2D eigenvalue weighted by molar-refractivity contribution is 6.32. The van der Waals surface area contributed by atoms with Crippen molar-refractivity contribution in [2.45, 2.75) is 59.0 Å². The van der Waals surface area contributed by atoms with Crippen LogP contribution < -0.4 is 10.1 Å². The lowest BCUT2D eigenvalue weighted by atomic mass is 10.0. The largest absolute Gasteiger partial charge is 0.484 e. The number of hydrogen-bond donors (Lipinski definition) is 1. The minimum absolute atomic E-state index is 0.0196. The number of rotatable bonds is 6. The molecule has 3 amide bonds. The van der Waals surface area contributed by atoms with Crippen LogP contribution in [0.2, 0.25) is 5.02 Å². The molecule has 0 aromatic heterocycles. The molecule has 170 valence electrons. The third-order valence-corrected chi connectivity index (χ3v) is 6.68. The number of carbonyl (C=O) groups is 3. The Morgan fingerprint density at radius 1 is 1.19 bits per heavy atom. The van der Waals surface area contributed by atoms with Crippen LogP contribution in [0.5, 0.6) is 5.75 Å². The van der Waals surface area contributed by atoms with Gasteiger partial charge in [-0.3, -0.25) is 14.4 Å². The fourth-order valence-electron chi connectivity index (χ4n) is 4.31. The lowest BCUT2D eigenvalue weighted by Gasteiger charge is -2.34. The average Bonchev–Trinajstić information content (AvgIpc) is 3.12. The number of likely N-dealkylation sites (tertiary alicyclic amines) is 2. The van der Waals surface area contributed by atoms with Gasteiger partial charge in [0.05, 0.1) is 5.92 Å². The van der Waals surface area contributed by atoms with Gasteiger partial charge in [0.2, 0.25) is 11.8 Å². The van der Waals surface area contributed by atoms with Crippen molar-refractivity contribution in [3.63, 3.8) is 0 Å². The van der Waals surface area contributed by atoms with E-state index >= 15 is 0 Å². The number of piperidine rings is 1. The maximum atomic E-state index is 12.8. The van der Waals surface area contributed by atoms with E-state index < -0.39 is 0 Å². The van der Waals surface area contributed by atoms with Gasteiger partial charge in [-0.05, 0) is 63.8 Å². The van der Waals surface area contributed by atoms with Gasteiger partial charge in [0.25, 0.3) is 5.91 Å². The number of hydrogen-bond acceptors (Lipinski definition) is 4. The zero-order valence-corrected chi connectivity index (χ0v) is 19.5. The number of ether oxygens (including phenoxy) is 1. The minimum atomic E-state index is -0.249. The smallest absolute Gasteiger partial charge is 0.258 e. The summed E-state index contributed by atoms with van der Waals surface area (Å²) in [5.74, 6) is 0.306. The van der Waals surface area contributed by atoms with Gasteiger partial charge >= 0.3 is 0 Å². The van der Waals surface area contributed by atoms with Crippen molar-refractivity contribution in [3.05, 3.63) is 28.3 Å². The van der Waals surface area contributed by atoms with Gasteiger partial charge in [0, 0.05) is 43.2 Å². The van der Waals surface area contributed by atoms with Crippen LogP contribution in [0.4, 0.5) is 0 Å². The van der Waals surface area contributed by atoms with Crippen molar-refractivity contribution in [1.82, 2.24) is 15.1 Å². The Bertz CT molecular complexity index is 826. The molecule has 7 nitrogen and oxygen atoms in total. The Morgan fingerprint density at radius 2 is 1.81 bits per heavy atom. The molecule has 0 spiro atoms. The predicted molar refractivity (Wildman–Crippen MR) is 119 cm³/mol. The zero-order valence-electron chi connectivity index (χ0n) is 18.7. The second-order valence-electron chi connectivity index (χ2n) is 8.87. The number of nitrogens with one attached hydrogen (secondary N) is 1. The highest BCUT2D eigenvalue weighted by atomic mass is 35.5. The number of carbonyl (C=O) groups excluding carboxylic acids is 3. The van der Waals surface area contributed by atoms with Crippen LogP contribution in [0.1, 0.15) is 44.2 Å². The van der Waals surface area contributed by atoms with Gasteiger partial charge in [-0.1, -0.05) is 11.6 Å². The molecule has 1 unspecified atom stereocenters. The maximum Gasteiger partial charge on any atom is 0.258 e. The fraction of sp³-hybridized carbons (Fsp3) is 0.609. The number of aryl methyl sites for hydroxylation is 2. The first-order chi connectivity index (χ1) is 14.7. The highest BCUT2D eigenvalue weighted by Crippen LogP contribution is 2.26. The van der Waals surface area contributed by atoms with Crippen molar-refractivity contribution >= 4 is 29.3 Å². The topological polar surface area (TPSA) is 79.0 Å². The Balaban J connectivity index is 1.42. The molecule has 0 aliphatic carbocycles. The summed E-state index contributed by atoms with van der Waals surface area (Å²) in [6.45, 7) is 9.37. The third kappa shape index (κ3) is 5.70. The first-order valence-corrected chi connectivity index (χ1v) is 11.3. The van der Waals surface area contributed by atoms with Crippen LogP contribution in [0, 0.1) is 19.8 Å². The Hall–Kier alpha value is -2.28. The van der Waals surface area contributed by atoms with Gasteiger partial charge in [0.1, 0.15) is 5.75 Å². The molecule has 2 heterocycles. The van der Waals surface area contributed by atoms with E-state index in [-0.39, 0.29) is 42.3 Å². The average molecular weight is 450 g/mol. The van der Waals surface area contributed by atoms with Gasteiger partial charge < -0.3 is 19.9 Å². The molecule has 0 saturated carbocycles. The monoisotopic (exact) mass is 449 g/mol. The molecule has 2 fully saturated rings. The molecule has 1 aromatic carbocycles. The highest BCUT2D eigenvalue weighted by Gasteiger charge is 2.38. The fourth-order valence-corrected chi connectivity index (χ4v) is 4.42. The zero-order chi connectivity index (χ0) is 22.7. The quantitative estimate of drug-likeness (QED) is 0.724. The standard InChI is InChI=1S/C23H32ClN3O4/c1-14(2)27-12-17(11-21(27)29)23(30)26-7-5-18(6-8-26)25-20(28)13-31-19-9-15(3)22(24)16(4)10-19/h9-10,14,17-18H,5-8,11-13H2,1-4H3,(H,25,28). The van der Waals surface area contributed by atoms with E-state index in [2.05, 4.69) is 5.32 Å². The summed E-state index contributed by atoms with van der Waals surface area (Å²) in [7, 11) is 0. The lowest BCUT2D eigenvalue weighted by molar-refractivity contribution is -0.137. The third-order valence-electron chi connectivity index (χ3n) is 6.08. The molecule has 2 aliphatic rings. The molecule has 8 heteroatoms. The number of benzene rings is 1. The summed E-state index contributed by atoms with van der Waals surface area (Å²) < 4.78 is 5.62. The summed E-state index contributed by atoms with van der Waals surface area (Å²) in [5, 5.41) is 3.70. The normalized spacial score (nSPS) is 19.8. The summed E-state index contributed by atoms with van der Waals surface area (Å²) in [5.41, 5.74) is 1.82. The maximum absolute atomic E-state index is 12.8. The van der Waals surface area contributed by atoms with E-state index in [1.807, 2.05) is 44.7 Å². The van der Waals surface area contributed by atoms with Crippen molar-refractivity contribution in [2.75, 3.05) is 26.2 Å². The van der Waals surface area contributed by atoms with E-state index in [1.165, 1.54) is 0 Å². The van der Waals surface area contributed by atoms with Gasteiger partial charge in [-0.15, -0.1) is 0 Å². The van der Waals surface area contributed by atoms with Crippen LogP contribution >= 0.6 is 11.6 Å². The van der Waals surface area contributed by atoms with Crippen LogP contribution in [-0.2, 0) is 14.4 Å². The van der Waals surface area contributed by atoms with Crippen molar-refractivity contribution in [3.8, 4) is 5.75 Å². The first kappa shape index (κ1) is 23.4. The summed E-state index contributed by atoms with van der Waals surface area (Å²) in [6, 6.07) is 3.78. The molecular weight excluding hydrogens is 418 g/mol. The summed E-state index contributed by atoms with van der Waals surface area (Å²) >= 11 is 6.16. The van der Waals surface area contributed by atoms with Gasteiger partial charge in [-0.2, -0.15) is 0 Å². The van der Waals surface area contributed by atoms with Crippen molar-refractivity contribution < 1.29 is 19.1 Å². The predicted octanol–water partition coefficient (Wildman–Crippen LogP) is 2.70. The van der Waals surface area contributed by atoms with Gasteiger partial charge in [0.15, 0.2) is 6.61 Å². The second-order valence-corrected chi connectivity index (χ2v) is 9.25. The van der Waals surface area contributed by atoms with E-state index in [0.29, 0.717) is 49.7 Å². The Labute approximate surface area is 189 Å². The molecule has 2 aliphatic heterocycles. The van der Waals surface area contributed by atoms with Crippen LogP contribution in [0.15, 0.2) is 12.1 Å². The van der Waals surface area contributed by atoms with Gasteiger partial charge in [-0.25, -0.2) is 0 Å². The summed E-state index contributed by atoms with van der Waals surface area (Å²) in [6.07, 6.45) is 1.70. The molecule has 2 saturated heterocycles. The molecule has 1 N–H and O–H groups in total. The molecule has 0 radical (unpaired) electrons. The minimum Gasteiger partial charge on any atom is -0.484 e. The Morgan fingerprint density at radius 3 is 2.35 bits per heavy atom. The summed E-state index contributed by atoms with van der Waals surface area (Å²) in [4.78, 5) is 40.8. The molecule has 31 heavy (non-hydrogen) atoms. The molecule has 1 aromatic rings. The molecule has 3 rings (SSSR count). The van der Waals surface area contributed by atoms with Crippen molar-refractivity contribution in [1.29, 1.82) is 0 Å². The van der Waals surface area contributed by atoms with Crippen molar-refractivity contribution in [2.24, 2.45) is 5.92 Å². The van der Waals surface area contributed by atoms with Crippen LogP contribution in [0.25, 0.3) is 0 Å². The SMILES string of the molecule is Cc1cc(OCC(=O)NC2CCN(C(=O)C3CC(=O)N(C(C)C)C3)CC2)cc(C)c1Cl. The van der Waals surface area contributed by atoms with E-state index in [9.17, 15) is 14.4 Å². The Kier molecular flexibility index (Phi) is 7.46. The number of halogens is 1. The molecule has 1 atom stereocenters. The number of nitrogens with zero attached hydrogens (tertiary/aromatic N) is 2. The molecular formula is C23H32ClN3O4. The number of amides is 3. The molecule has 0 bridgehead atoms. The van der Waals surface area contributed by atoms with E-state index in [1.54, 1.807) is 4.90 Å². The van der Waals surface area contributed by atoms with Crippen LogP contribution in [-0.4, -0.2) is 65.8 Å². The lowest BCUT2D eigenvalue weighted by Crippen LogP contribution is -2.49. The van der Waals surface area contributed by atoms with E-state index in [4.69, 9.17) is 16.3 Å². The van der Waals surface area contributed by atoms with Crippen LogP contribution in [0.3, 0.4) is 0 Å². The second kappa shape index (κ2) is 9.90. The van der Waals surface area contributed by atoms with E-state index in [0.717, 1.165) is 11.1 Å².